The molecule has 1 rings (SSSR count). The summed E-state index contributed by atoms with van der Waals surface area (Å²) in [7, 11) is -3.08. The molecule has 0 aliphatic heterocycles. The third kappa shape index (κ3) is 3.23. The number of rotatable bonds is 4. The fourth-order valence-corrected chi connectivity index (χ4v) is 1.52. The molecule has 8 heteroatoms. The molecule has 90 valence electrons. The van der Waals surface area contributed by atoms with Crippen LogP contribution in [0.15, 0.2) is 0 Å². The SMILES string of the molecule is Cc1[nH]nc(C(=O)NCCS(C)(=O)=O)c1N. The molecule has 1 aromatic heterocycles. The third-order valence-corrected chi connectivity index (χ3v) is 2.91. The molecular weight excluding hydrogens is 232 g/mol. The van der Waals surface area contributed by atoms with Crippen molar-refractivity contribution >= 4 is 21.4 Å². The molecular formula is C8H14N4O3S. The van der Waals surface area contributed by atoms with Gasteiger partial charge in [0.1, 0.15) is 9.84 Å². The fraction of sp³-hybridized carbons (Fsp3) is 0.500. The van der Waals surface area contributed by atoms with E-state index in [4.69, 9.17) is 5.73 Å². The van der Waals surface area contributed by atoms with E-state index in [-0.39, 0.29) is 23.7 Å². The summed E-state index contributed by atoms with van der Waals surface area (Å²) in [4.78, 5) is 11.5. The van der Waals surface area contributed by atoms with Gasteiger partial charge in [-0.1, -0.05) is 0 Å². The molecule has 1 aromatic rings. The normalized spacial score (nSPS) is 11.4. The average Bonchev–Trinajstić information content (AvgIpc) is 2.45. The minimum atomic E-state index is -3.08. The number of hydrogen-bond acceptors (Lipinski definition) is 5. The van der Waals surface area contributed by atoms with Crippen molar-refractivity contribution in [3.63, 3.8) is 0 Å². The molecule has 0 saturated heterocycles. The van der Waals surface area contributed by atoms with Crippen LogP contribution in [0.2, 0.25) is 0 Å². The van der Waals surface area contributed by atoms with Crippen molar-refractivity contribution in [3.05, 3.63) is 11.4 Å². The molecule has 1 amide bonds. The molecule has 0 fully saturated rings. The number of aromatic nitrogens is 2. The first kappa shape index (κ1) is 12.5. The number of carbonyl (C=O) groups is 1. The lowest BCUT2D eigenvalue weighted by molar-refractivity contribution is 0.0952. The number of aryl methyl sites for hydroxylation is 1. The van der Waals surface area contributed by atoms with Crippen LogP contribution in [-0.4, -0.2) is 43.1 Å². The zero-order valence-electron chi connectivity index (χ0n) is 9.07. The summed E-state index contributed by atoms with van der Waals surface area (Å²) in [6.45, 7) is 1.73. The van der Waals surface area contributed by atoms with Gasteiger partial charge in [0.2, 0.25) is 0 Å². The average molecular weight is 246 g/mol. The Hall–Kier alpha value is -1.57. The first-order valence-electron chi connectivity index (χ1n) is 4.57. The Morgan fingerprint density at radius 3 is 2.62 bits per heavy atom. The summed E-state index contributed by atoms with van der Waals surface area (Å²) in [6.07, 6.45) is 1.10. The Bertz CT molecular complexity index is 491. The van der Waals surface area contributed by atoms with Gasteiger partial charge in [0, 0.05) is 12.8 Å². The second-order valence-corrected chi connectivity index (χ2v) is 5.76. The van der Waals surface area contributed by atoms with E-state index < -0.39 is 15.7 Å². The molecule has 0 bridgehead atoms. The number of nitrogen functional groups attached to an aromatic ring is 1. The summed E-state index contributed by atoms with van der Waals surface area (Å²) < 4.78 is 21.6. The van der Waals surface area contributed by atoms with E-state index in [2.05, 4.69) is 15.5 Å². The Labute approximate surface area is 93.3 Å². The smallest absolute Gasteiger partial charge is 0.273 e. The minimum Gasteiger partial charge on any atom is -0.395 e. The zero-order valence-corrected chi connectivity index (χ0v) is 9.89. The molecule has 0 saturated carbocycles. The van der Waals surface area contributed by atoms with Gasteiger partial charge in [0.05, 0.1) is 17.1 Å². The lowest BCUT2D eigenvalue weighted by atomic mass is 10.3. The number of amides is 1. The lowest BCUT2D eigenvalue weighted by Crippen LogP contribution is -2.29. The van der Waals surface area contributed by atoms with E-state index in [0.717, 1.165) is 6.26 Å². The Kier molecular flexibility index (Phi) is 3.53. The van der Waals surface area contributed by atoms with Crippen LogP contribution in [0.25, 0.3) is 0 Å². The van der Waals surface area contributed by atoms with Crippen LogP contribution in [0.5, 0.6) is 0 Å². The van der Waals surface area contributed by atoms with E-state index in [0.29, 0.717) is 5.69 Å². The van der Waals surface area contributed by atoms with Crippen LogP contribution in [0, 0.1) is 6.92 Å². The number of hydrogen-bond donors (Lipinski definition) is 3. The Morgan fingerprint density at radius 1 is 1.56 bits per heavy atom. The van der Waals surface area contributed by atoms with Crippen LogP contribution in [0.1, 0.15) is 16.2 Å². The van der Waals surface area contributed by atoms with Gasteiger partial charge in [-0.15, -0.1) is 0 Å². The zero-order chi connectivity index (χ0) is 12.3. The van der Waals surface area contributed by atoms with Gasteiger partial charge in [0.25, 0.3) is 5.91 Å². The number of aromatic amines is 1. The fourth-order valence-electron chi connectivity index (χ4n) is 1.04. The molecule has 0 aromatic carbocycles. The van der Waals surface area contributed by atoms with Gasteiger partial charge >= 0.3 is 0 Å². The monoisotopic (exact) mass is 246 g/mol. The van der Waals surface area contributed by atoms with Crippen molar-refractivity contribution in [2.24, 2.45) is 0 Å². The van der Waals surface area contributed by atoms with Crippen molar-refractivity contribution < 1.29 is 13.2 Å². The maximum absolute atomic E-state index is 11.5. The van der Waals surface area contributed by atoms with Gasteiger partial charge in [-0.2, -0.15) is 5.10 Å². The van der Waals surface area contributed by atoms with E-state index in [1.54, 1.807) is 6.92 Å². The minimum absolute atomic E-state index is 0.0447. The summed E-state index contributed by atoms with van der Waals surface area (Å²) in [5, 5.41) is 8.72. The highest BCUT2D eigenvalue weighted by Gasteiger charge is 2.15. The maximum atomic E-state index is 11.5. The molecule has 16 heavy (non-hydrogen) atoms. The van der Waals surface area contributed by atoms with Crippen molar-refractivity contribution in [1.82, 2.24) is 15.5 Å². The second-order valence-electron chi connectivity index (χ2n) is 3.50. The van der Waals surface area contributed by atoms with Crippen LogP contribution >= 0.6 is 0 Å². The number of nitrogens with one attached hydrogen (secondary N) is 2. The Balaban J connectivity index is 2.57. The quantitative estimate of drug-likeness (QED) is 0.634. The predicted molar refractivity (Wildman–Crippen MR) is 59.8 cm³/mol. The number of anilines is 1. The second kappa shape index (κ2) is 4.52. The number of carbonyl (C=O) groups excluding carboxylic acids is 1. The van der Waals surface area contributed by atoms with E-state index >= 15 is 0 Å². The van der Waals surface area contributed by atoms with Crippen LogP contribution in [0.3, 0.4) is 0 Å². The van der Waals surface area contributed by atoms with E-state index in [1.807, 2.05) is 0 Å². The predicted octanol–water partition coefficient (Wildman–Crippen LogP) is -0.925. The molecule has 1 heterocycles. The van der Waals surface area contributed by atoms with Crippen molar-refractivity contribution in [1.29, 1.82) is 0 Å². The van der Waals surface area contributed by atoms with Crippen molar-refractivity contribution in [2.75, 3.05) is 24.3 Å². The lowest BCUT2D eigenvalue weighted by Gasteiger charge is -2.02. The molecule has 0 aliphatic rings. The van der Waals surface area contributed by atoms with E-state index in [1.165, 1.54) is 0 Å². The summed E-state index contributed by atoms with van der Waals surface area (Å²) in [6, 6.07) is 0. The topological polar surface area (TPSA) is 118 Å². The molecule has 7 nitrogen and oxygen atoms in total. The van der Waals surface area contributed by atoms with Crippen molar-refractivity contribution in [2.45, 2.75) is 6.92 Å². The van der Waals surface area contributed by atoms with Gasteiger partial charge in [0.15, 0.2) is 5.69 Å². The van der Waals surface area contributed by atoms with Gasteiger partial charge in [-0.05, 0) is 6.92 Å². The van der Waals surface area contributed by atoms with Crippen LogP contribution < -0.4 is 11.1 Å². The maximum Gasteiger partial charge on any atom is 0.273 e. The Morgan fingerprint density at radius 2 is 2.19 bits per heavy atom. The molecule has 0 aliphatic carbocycles. The summed E-state index contributed by atoms with van der Waals surface area (Å²) in [5.41, 5.74) is 6.56. The van der Waals surface area contributed by atoms with Crippen LogP contribution in [0.4, 0.5) is 5.69 Å². The highest BCUT2D eigenvalue weighted by molar-refractivity contribution is 7.90. The number of nitrogens with two attached hydrogens (primary N) is 1. The molecule has 4 N–H and O–H groups in total. The third-order valence-electron chi connectivity index (χ3n) is 1.97. The molecule has 0 radical (unpaired) electrons. The highest BCUT2D eigenvalue weighted by atomic mass is 32.2. The number of H-pyrrole nitrogens is 1. The van der Waals surface area contributed by atoms with Gasteiger partial charge < -0.3 is 11.1 Å². The van der Waals surface area contributed by atoms with Gasteiger partial charge in [-0.25, -0.2) is 8.42 Å². The molecule has 0 atom stereocenters. The first-order chi connectivity index (χ1) is 7.31. The molecule has 0 spiro atoms. The van der Waals surface area contributed by atoms with Crippen LogP contribution in [-0.2, 0) is 9.84 Å². The summed E-state index contributed by atoms with van der Waals surface area (Å²) in [5.74, 6) is -0.590. The standard InChI is InChI=1S/C8H14N4O3S/c1-5-6(9)7(12-11-5)8(13)10-3-4-16(2,14)15/h3-4,9H2,1-2H3,(H,10,13)(H,11,12). The highest BCUT2D eigenvalue weighted by Crippen LogP contribution is 2.11. The number of sulfone groups is 1. The largest absolute Gasteiger partial charge is 0.395 e. The van der Waals surface area contributed by atoms with Crippen molar-refractivity contribution in [3.8, 4) is 0 Å². The number of nitrogens with zero attached hydrogens (tertiary/aromatic N) is 1. The molecule has 0 unspecified atom stereocenters. The van der Waals surface area contributed by atoms with Gasteiger partial charge in [-0.3, -0.25) is 9.89 Å². The van der Waals surface area contributed by atoms with E-state index in [9.17, 15) is 13.2 Å². The first-order valence-corrected chi connectivity index (χ1v) is 6.63. The summed E-state index contributed by atoms with van der Waals surface area (Å²) >= 11 is 0.